The maximum atomic E-state index is 11.4. The molecule has 0 aliphatic heterocycles. The van der Waals surface area contributed by atoms with Gasteiger partial charge in [0.2, 0.25) is 11.8 Å². The number of hydrogen-bond donors (Lipinski definition) is 3. The van der Waals surface area contributed by atoms with E-state index >= 15 is 0 Å². The molecule has 2 atom stereocenters. The van der Waals surface area contributed by atoms with Crippen LogP contribution in [0.5, 0.6) is 0 Å². The summed E-state index contributed by atoms with van der Waals surface area (Å²) < 4.78 is 4.77. The van der Waals surface area contributed by atoms with Gasteiger partial charge in [0.25, 0.3) is 0 Å². The van der Waals surface area contributed by atoms with Crippen LogP contribution < -0.4 is 10.6 Å². The van der Waals surface area contributed by atoms with Crippen molar-refractivity contribution in [1.29, 1.82) is 0 Å². The fourth-order valence-electron chi connectivity index (χ4n) is 1.57. The van der Waals surface area contributed by atoms with Crippen LogP contribution >= 0.6 is 0 Å². The largest absolute Gasteiger partial charge is 0.481 e. The summed E-state index contributed by atoms with van der Waals surface area (Å²) in [5.74, 6) is -2.38. The zero-order chi connectivity index (χ0) is 13.5. The summed E-state index contributed by atoms with van der Waals surface area (Å²) in [6.07, 6.45) is 0.571. The van der Waals surface area contributed by atoms with E-state index in [4.69, 9.17) is 9.84 Å². The first-order valence-corrected chi connectivity index (χ1v) is 5.82. The zero-order valence-electron chi connectivity index (χ0n) is 10.3. The predicted octanol–water partition coefficient (Wildman–Crippen LogP) is -1.02. The Hall–Kier alpha value is -1.63. The van der Waals surface area contributed by atoms with Crippen molar-refractivity contribution >= 4 is 17.8 Å². The lowest BCUT2D eigenvalue weighted by Gasteiger charge is -2.05. The van der Waals surface area contributed by atoms with Crippen molar-refractivity contribution < 1.29 is 24.2 Å². The minimum atomic E-state index is -0.938. The Labute approximate surface area is 105 Å². The van der Waals surface area contributed by atoms with Crippen LogP contribution in [0.4, 0.5) is 0 Å². The van der Waals surface area contributed by atoms with E-state index in [9.17, 15) is 14.4 Å². The van der Waals surface area contributed by atoms with Crippen molar-refractivity contribution in [3.63, 3.8) is 0 Å². The minimum Gasteiger partial charge on any atom is -0.481 e. The molecule has 18 heavy (non-hydrogen) atoms. The third kappa shape index (κ3) is 4.70. The number of rotatable bonds is 8. The lowest BCUT2D eigenvalue weighted by molar-refractivity contribution is -0.140. The Kier molecular flexibility index (Phi) is 5.57. The van der Waals surface area contributed by atoms with Gasteiger partial charge in [0.1, 0.15) is 0 Å². The molecule has 3 N–H and O–H groups in total. The van der Waals surface area contributed by atoms with Crippen LogP contribution in [-0.2, 0) is 19.1 Å². The zero-order valence-corrected chi connectivity index (χ0v) is 10.3. The van der Waals surface area contributed by atoms with Crippen LogP contribution in [0.25, 0.3) is 0 Å². The van der Waals surface area contributed by atoms with Gasteiger partial charge < -0.3 is 20.5 Å². The van der Waals surface area contributed by atoms with Gasteiger partial charge in [-0.05, 0) is 6.42 Å². The molecule has 0 bridgehead atoms. The molecule has 0 spiro atoms. The van der Waals surface area contributed by atoms with Gasteiger partial charge in [0.15, 0.2) is 0 Å². The maximum absolute atomic E-state index is 11.4. The first kappa shape index (κ1) is 14.4. The number of carboxylic acids is 1. The third-order valence-corrected chi connectivity index (χ3v) is 2.72. The van der Waals surface area contributed by atoms with E-state index in [0.29, 0.717) is 19.6 Å². The number of carboxylic acid groups (broad SMARTS) is 1. The normalized spacial score (nSPS) is 21.2. The molecule has 0 saturated heterocycles. The van der Waals surface area contributed by atoms with Gasteiger partial charge in [-0.1, -0.05) is 0 Å². The van der Waals surface area contributed by atoms with Crippen molar-refractivity contribution in [1.82, 2.24) is 10.6 Å². The van der Waals surface area contributed by atoms with E-state index < -0.39 is 17.8 Å². The van der Waals surface area contributed by atoms with E-state index in [2.05, 4.69) is 10.6 Å². The smallest absolute Gasteiger partial charge is 0.307 e. The van der Waals surface area contributed by atoms with Gasteiger partial charge in [-0.2, -0.15) is 0 Å². The Morgan fingerprint density at radius 3 is 2.50 bits per heavy atom. The molecule has 102 valence electrons. The molecule has 2 unspecified atom stereocenters. The molecule has 0 aromatic rings. The number of nitrogens with one attached hydrogen (secondary N) is 2. The van der Waals surface area contributed by atoms with Gasteiger partial charge >= 0.3 is 5.97 Å². The number of carbonyl (C=O) groups excluding carboxylic acids is 2. The maximum Gasteiger partial charge on any atom is 0.307 e. The van der Waals surface area contributed by atoms with Crippen molar-refractivity contribution in [2.24, 2.45) is 11.8 Å². The van der Waals surface area contributed by atoms with Gasteiger partial charge in [0.05, 0.1) is 18.4 Å². The van der Waals surface area contributed by atoms with E-state index in [1.54, 1.807) is 7.11 Å². The molecule has 7 nitrogen and oxygen atoms in total. The second kappa shape index (κ2) is 6.95. The van der Waals surface area contributed by atoms with Crippen LogP contribution in [0.15, 0.2) is 0 Å². The standard InChI is InChI=1S/C11H18N2O5/c1-18-5-4-12-9(14)2-3-13-10(15)7-6-8(7)11(16)17/h7-8H,2-6H2,1H3,(H,12,14)(H,13,15)(H,16,17). The van der Waals surface area contributed by atoms with Crippen molar-refractivity contribution in [2.75, 3.05) is 26.8 Å². The Balaban J connectivity index is 2.06. The molecular weight excluding hydrogens is 240 g/mol. The molecule has 1 fully saturated rings. The molecular formula is C11H18N2O5. The summed E-state index contributed by atoms with van der Waals surface area (Å²) in [7, 11) is 1.54. The highest BCUT2D eigenvalue weighted by Gasteiger charge is 2.48. The molecule has 1 aliphatic carbocycles. The average Bonchev–Trinajstić information content (AvgIpc) is 3.09. The topological polar surface area (TPSA) is 105 Å². The molecule has 0 radical (unpaired) electrons. The highest BCUT2D eigenvalue weighted by Crippen LogP contribution is 2.38. The molecule has 0 aromatic carbocycles. The second-order valence-corrected chi connectivity index (χ2v) is 4.17. The molecule has 7 heteroatoms. The lowest BCUT2D eigenvalue weighted by Crippen LogP contribution is -2.33. The second-order valence-electron chi connectivity index (χ2n) is 4.17. The van der Waals surface area contributed by atoms with Gasteiger partial charge in [0, 0.05) is 26.6 Å². The predicted molar refractivity (Wildman–Crippen MR) is 61.7 cm³/mol. The Morgan fingerprint density at radius 2 is 1.94 bits per heavy atom. The number of ether oxygens (including phenoxy) is 1. The highest BCUT2D eigenvalue weighted by atomic mass is 16.5. The van der Waals surface area contributed by atoms with E-state index in [1.165, 1.54) is 0 Å². The highest BCUT2D eigenvalue weighted by molar-refractivity contribution is 5.89. The summed E-state index contributed by atoms with van der Waals surface area (Å²) >= 11 is 0. The van der Waals surface area contributed by atoms with Gasteiger partial charge in [-0.15, -0.1) is 0 Å². The van der Waals surface area contributed by atoms with Crippen molar-refractivity contribution in [2.45, 2.75) is 12.8 Å². The van der Waals surface area contributed by atoms with Crippen molar-refractivity contribution in [3.8, 4) is 0 Å². The third-order valence-electron chi connectivity index (χ3n) is 2.72. The molecule has 0 heterocycles. The number of methoxy groups -OCH3 is 1. The summed E-state index contributed by atoms with van der Waals surface area (Å²) in [6, 6.07) is 0. The number of amides is 2. The Bertz CT molecular complexity index is 331. The SMILES string of the molecule is COCCNC(=O)CCNC(=O)C1CC1C(=O)O. The van der Waals surface area contributed by atoms with Crippen LogP contribution in [0, 0.1) is 11.8 Å². The van der Waals surface area contributed by atoms with E-state index in [1.807, 2.05) is 0 Å². The minimum absolute atomic E-state index is 0.169. The fourth-order valence-corrected chi connectivity index (χ4v) is 1.57. The van der Waals surface area contributed by atoms with Crippen LogP contribution in [-0.4, -0.2) is 49.7 Å². The van der Waals surface area contributed by atoms with Gasteiger partial charge in [-0.3, -0.25) is 14.4 Å². The molecule has 1 aliphatic rings. The quantitative estimate of drug-likeness (QED) is 0.483. The van der Waals surface area contributed by atoms with E-state index in [-0.39, 0.29) is 24.8 Å². The van der Waals surface area contributed by atoms with E-state index in [0.717, 1.165) is 0 Å². The Morgan fingerprint density at radius 1 is 1.22 bits per heavy atom. The summed E-state index contributed by atoms with van der Waals surface area (Å²) in [5, 5.41) is 13.8. The fraction of sp³-hybridized carbons (Fsp3) is 0.727. The molecule has 2 amide bonds. The van der Waals surface area contributed by atoms with Gasteiger partial charge in [-0.25, -0.2) is 0 Å². The summed E-state index contributed by atoms with van der Waals surface area (Å²) in [4.78, 5) is 33.2. The number of aliphatic carboxylic acids is 1. The monoisotopic (exact) mass is 258 g/mol. The molecule has 1 saturated carbocycles. The summed E-state index contributed by atoms with van der Waals surface area (Å²) in [5.41, 5.74) is 0. The van der Waals surface area contributed by atoms with Crippen LogP contribution in [0.3, 0.4) is 0 Å². The van der Waals surface area contributed by atoms with Crippen molar-refractivity contribution in [3.05, 3.63) is 0 Å². The first-order valence-electron chi connectivity index (χ1n) is 5.82. The average molecular weight is 258 g/mol. The van der Waals surface area contributed by atoms with Crippen LogP contribution in [0.2, 0.25) is 0 Å². The number of carbonyl (C=O) groups is 3. The number of hydrogen-bond acceptors (Lipinski definition) is 4. The molecule has 0 aromatic heterocycles. The summed E-state index contributed by atoms with van der Waals surface area (Å²) in [6.45, 7) is 1.11. The molecule has 1 rings (SSSR count). The van der Waals surface area contributed by atoms with Crippen LogP contribution in [0.1, 0.15) is 12.8 Å². The lowest BCUT2D eigenvalue weighted by atomic mass is 10.3. The first-order chi connectivity index (χ1) is 8.56.